The van der Waals surface area contributed by atoms with Crippen LogP contribution in [-0.2, 0) is 0 Å². The Hall–Kier alpha value is -1.92. The van der Waals surface area contributed by atoms with E-state index >= 15 is 0 Å². The van der Waals surface area contributed by atoms with E-state index in [1.807, 2.05) is 31.2 Å². The number of thiazole rings is 1. The molecule has 0 saturated heterocycles. The minimum atomic E-state index is -0.120. The molecule has 6 heteroatoms. The standard InChI is InChI=1S/C15H19N3O2S/c1-10(8-16)18(2)15(19)12-9-21-14(17-12)11-6-4-5-7-13(11)20-3/h4-7,9-10H,8,16H2,1-3H3. The SMILES string of the molecule is COc1ccccc1-c1nc(C(=O)N(C)C(C)CN)cs1. The smallest absolute Gasteiger partial charge is 0.273 e. The first kappa shape index (κ1) is 15.5. The van der Waals surface area contributed by atoms with E-state index in [1.165, 1.54) is 11.3 Å². The molecular weight excluding hydrogens is 286 g/mol. The number of aromatic nitrogens is 1. The van der Waals surface area contributed by atoms with Gasteiger partial charge in [0.2, 0.25) is 0 Å². The molecule has 0 aliphatic carbocycles. The van der Waals surface area contributed by atoms with Crippen LogP contribution >= 0.6 is 11.3 Å². The molecule has 0 aliphatic heterocycles. The van der Waals surface area contributed by atoms with Gasteiger partial charge in [-0.05, 0) is 19.1 Å². The molecule has 21 heavy (non-hydrogen) atoms. The number of amides is 1. The molecule has 0 saturated carbocycles. The topological polar surface area (TPSA) is 68.5 Å². The van der Waals surface area contributed by atoms with E-state index < -0.39 is 0 Å². The molecule has 0 fully saturated rings. The fourth-order valence-electron chi connectivity index (χ4n) is 1.86. The van der Waals surface area contributed by atoms with E-state index in [0.29, 0.717) is 12.2 Å². The predicted octanol–water partition coefficient (Wildman–Crippen LogP) is 2.24. The van der Waals surface area contributed by atoms with Crippen molar-refractivity contribution in [2.24, 2.45) is 5.73 Å². The van der Waals surface area contributed by atoms with Crippen molar-refractivity contribution < 1.29 is 9.53 Å². The number of rotatable bonds is 5. The van der Waals surface area contributed by atoms with Crippen LogP contribution in [0.4, 0.5) is 0 Å². The van der Waals surface area contributed by atoms with E-state index in [-0.39, 0.29) is 11.9 Å². The summed E-state index contributed by atoms with van der Waals surface area (Å²) in [5.41, 5.74) is 6.92. The lowest BCUT2D eigenvalue weighted by Crippen LogP contribution is -2.39. The number of likely N-dealkylation sites (N-methyl/N-ethyl adjacent to an activating group) is 1. The summed E-state index contributed by atoms with van der Waals surface area (Å²) in [6.45, 7) is 2.33. The lowest BCUT2D eigenvalue weighted by molar-refractivity contribution is 0.0743. The monoisotopic (exact) mass is 305 g/mol. The molecular formula is C15H19N3O2S. The zero-order valence-electron chi connectivity index (χ0n) is 12.4. The van der Waals surface area contributed by atoms with Gasteiger partial charge in [0.05, 0.1) is 12.7 Å². The number of hydrogen-bond acceptors (Lipinski definition) is 5. The number of carbonyl (C=O) groups excluding carboxylic acids is 1. The average molecular weight is 305 g/mol. The number of nitrogens with two attached hydrogens (primary N) is 1. The molecule has 112 valence electrons. The summed E-state index contributed by atoms with van der Waals surface area (Å²) in [7, 11) is 3.36. The third kappa shape index (κ3) is 3.22. The van der Waals surface area contributed by atoms with Gasteiger partial charge >= 0.3 is 0 Å². The van der Waals surface area contributed by atoms with Gasteiger partial charge < -0.3 is 15.4 Å². The van der Waals surface area contributed by atoms with Crippen LogP contribution in [0.5, 0.6) is 5.75 Å². The number of carbonyl (C=O) groups is 1. The first-order valence-corrected chi connectivity index (χ1v) is 7.52. The Kier molecular flexibility index (Phi) is 4.93. The third-order valence-corrected chi connectivity index (χ3v) is 4.26. The quantitative estimate of drug-likeness (QED) is 0.920. The Morgan fingerprint density at radius 3 is 2.86 bits per heavy atom. The lowest BCUT2D eigenvalue weighted by Gasteiger charge is -2.22. The zero-order chi connectivity index (χ0) is 15.4. The Morgan fingerprint density at radius 2 is 2.19 bits per heavy atom. The van der Waals surface area contributed by atoms with Gasteiger partial charge in [0.15, 0.2) is 0 Å². The van der Waals surface area contributed by atoms with Crippen LogP contribution in [0.3, 0.4) is 0 Å². The van der Waals surface area contributed by atoms with Gasteiger partial charge in [0, 0.05) is 25.0 Å². The summed E-state index contributed by atoms with van der Waals surface area (Å²) in [5.74, 6) is 0.625. The van der Waals surface area contributed by atoms with Crippen molar-refractivity contribution in [3.63, 3.8) is 0 Å². The molecule has 0 aliphatic rings. The van der Waals surface area contributed by atoms with E-state index in [9.17, 15) is 4.79 Å². The molecule has 2 rings (SSSR count). The van der Waals surface area contributed by atoms with Crippen LogP contribution in [0.2, 0.25) is 0 Å². The number of para-hydroxylation sites is 1. The molecule has 0 radical (unpaired) electrons. The summed E-state index contributed by atoms with van der Waals surface area (Å²) in [5, 5.41) is 2.54. The van der Waals surface area contributed by atoms with E-state index in [0.717, 1.165) is 16.3 Å². The van der Waals surface area contributed by atoms with Gasteiger partial charge in [-0.15, -0.1) is 11.3 Å². The maximum Gasteiger partial charge on any atom is 0.273 e. The maximum absolute atomic E-state index is 12.3. The van der Waals surface area contributed by atoms with Gasteiger partial charge in [-0.1, -0.05) is 12.1 Å². The van der Waals surface area contributed by atoms with Gasteiger partial charge in [-0.3, -0.25) is 4.79 Å². The molecule has 1 unspecified atom stereocenters. The molecule has 0 spiro atoms. The van der Waals surface area contributed by atoms with Crippen LogP contribution in [0.1, 0.15) is 17.4 Å². The van der Waals surface area contributed by atoms with Crippen molar-refractivity contribution in [3.8, 4) is 16.3 Å². The van der Waals surface area contributed by atoms with Crippen molar-refractivity contribution in [3.05, 3.63) is 35.3 Å². The Labute approximate surface area is 128 Å². The minimum Gasteiger partial charge on any atom is -0.496 e. The highest BCUT2D eigenvalue weighted by atomic mass is 32.1. The Balaban J connectivity index is 2.28. The minimum absolute atomic E-state index is 0.0195. The fraction of sp³-hybridized carbons (Fsp3) is 0.333. The summed E-state index contributed by atoms with van der Waals surface area (Å²) >= 11 is 1.43. The normalized spacial score (nSPS) is 12.0. The van der Waals surface area contributed by atoms with E-state index in [2.05, 4.69) is 4.98 Å². The summed E-state index contributed by atoms with van der Waals surface area (Å²) in [6, 6.07) is 7.61. The molecule has 1 aromatic carbocycles. The number of benzene rings is 1. The summed E-state index contributed by atoms with van der Waals surface area (Å²) in [4.78, 5) is 18.4. The van der Waals surface area contributed by atoms with E-state index in [4.69, 9.17) is 10.5 Å². The number of ether oxygens (including phenoxy) is 1. The molecule has 2 aromatic rings. The highest BCUT2D eigenvalue weighted by Gasteiger charge is 2.20. The first-order chi connectivity index (χ1) is 10.1. The highest BCUT2D eigenvalue weighted by molar-refractivity contribution is 7.13. The first-order valence-electron chi connectivity index (χ1n) is 6.64. The second kappa shape index (κ2) is 6.69. The number of nitrogens with zero attached hydrogens (tertiary/aromatic N) is 2. The average Bonchev–Trinajstić information content (AvgIpc) is 3.02. The molecule has 1 heterocycles. The summed E-state index contributed by atoms with van der Waals surface area (Å²) < 4.78 is 5.33. The molecule has 1 aromatic heterocycles. The molecule has 0 bridgehead atoms. The second-order valence-corrected chi connectivity index (χ2v) is 5.60. The lowest BCUT2D eigenvalue weighted by atomic mass is 10.2. The summed E-state index contributed by atoms with van der Waals surface area (Å²) in [6.07, 6.45) is 0. The molecule has 5 nitrogen and oxygen atoms in total. The predicted molar refractivity (Wildman–Crippen MR) is 84.7 cm³/mol. The Morgan fingerprint density at radius 1 is 1.48 bits per heavy atom. The van der Waals surface area contributed by atoms with E-state index in [1.54, 1.807) is 24.4 Å². The largest absolute Gasteiger partial charge is 0.496 e. The van der Waals surface area contributed by atoms with Crippen LogP contribution in [0.15, 0.2) is 29.6 Å². The zero-order valence-corrected chi connectivity index (χ0v) is 13.2. The van der Waals surface area contributed by atoms with Gasteiger partial charge in [0.1, 0.15) is 16.5 Å². The van der Waals surface area contributed by atoms with Crippen molar-refractivity contribution in [1.82, 2.24) is 9.88 Å². The van der Waals surface area contributed by atoms with Crippen molar-refractivity contribution in [2.45, 2.75) is 13.0 Å². The van der Waals surface area contributed by atoms with Crippen LogP contribution in [0.25, 0.3) is 10.6 Å². The molecule has 1 amide bonds. The number of hydrogen-bond donors (Lipinski definition) is 1. The van der Waals surface area contributed by atoms with Crippen molar-refractivity contribution >= 4 is 17.2 Å². The van der Waals surface area contributed by atoms with Crippen LogP contribution in [0, 0.1) is 0 Å². The van der Waals surface area contributed by atoms with Crippen LogP contribution in [-0.4, -0.2) is 42.5 Å². The fourth-order valence-corrected chi connectivity index (χ4v) is 2.68. The Bertz CT molecular complexity index is 627. The maximum atomic E-state index is 12.3. The van der Waals surface area contributed by atoms with Gasteiger partial charge in [-0.2, -0.15) is 0 Å². The second-order valence-electron chi connectivity index (χ2n) is 4.74. The molecule has 2 N–H and O–H groups in total. The van der Waals surface area contributed by atoms with Crippen molar-refractivity contribution in [2.75, 3.05) is 20.7 Å². The third-order valence-electron chi connectivity index (χ3n) is 3.38. The van der Waals surface area contributed by atoms with Gasteiger partial charge in [-0.25, -0.2) is 4.98 Å². The molecule has 1 atom stereocenters. The van der Waals surface area contributed by atoms with Crippen LogP contribution < -0.4 is 10.5 Å². The highest BCUT2D eigenvalue weighted by Crippen LogP contribution is 2.32. The number of methoxy groups -OCH3 is 1. The van der Waals surface area contributed by atoms with Crippen molar-refractivity contribution in [1.29, 1.82) is 0 Å². The van der Waals surface area contributed by atoms with Gasteiger partial charge in [0.25, 0.3) is 5.91 Å².